The Hall–Kier alpha value is -2.22. The topological polar surface area (TPSA) is 61.1 Å². The molecule has 0 aliphatic rings. The van der Waals surface area contributed by atoms with Crippen LogP contribution in [0.4, 0.5) is 8.78 Å². The highest BCUT2D eigenvalue weighted by atomic mass is 19.3. The zero-order valence-corrected chi connectivity index (χ0v) is 9.44. The second-order valence-electron chi connectivity index (χ2n) is 3.55. The van der Waals surface area contributed by atoms with E-state index >= 15 is 0 Å². The molecule has 0 atom stereocenters. The largest absolute Gasteiger partial charge is 0.478 e. The third kappa shape index (κ3) is 3.67. The second kappa shape index (κ2) is 6.50. The summed E-state index contributed by atoms with van der Waals surface area (Å²) in [5.74, 6) is -1.15. The average Bonchev–Trinajstić information content (AvgIpc) is 2.33. The summed E-state index contributed by atoms with van der Waals surface area (Å²) in [6, 6.07) is 6.17. The summed E-state index contributed by atoms with van der Waals surface area (Å²) in [5.41, 5.74) is 0.579. The number of carboxylic acid groups (broad SMARTS) is 1. The van der Waals surface area contributed by atoms with Crippen molar-refractivity contribution in [3.05, 3.63) is 41.0 Å². The quantitative estimate of drug-likeness (QED) is 0.817. The van der Waals surface area contributed by atoms with Gasteiger partial charge in [0.25, 0.3) is 6.43 Å². The SMILES string of the molecule is N#CCCc1c(/C=C/C(=O)O)cccc1C(F)F. The van der Waals surface area contributed by atoms with E-state index in [-0.39, 0.29) is 18.4 Å². The van der Waals surface area contributed by atoms with Gasteiger partial charge in [-0.2, -0.15) is 5.26 Å². The molecule has 18 heavy (non-hydrogen) atoms. The van der Waals surface area contributed by atoms with E-state index in [9.17, 15) is 13.6 Å². The molecule has 0 aromatic heterocycles. The standard InChI is InChI=1S/C13H11F2NO2/c14-13(15)11-4-1-3-9(6-7-12(17)18)10(11)5-2-8-16/h1,3-4,6-7,13H,2,5H2,(H,17,18)/b7-6+. The minimum Gasteiger partial charge on any atom is -0.478 e. The molecule has 5 heteroatoms. The molecule has 94 valence electrons. The number of nitriles is 1. The first kappa shape index (κ1) is 13.8. The summed E-state index contributed by atoms with van der Waals surface area (Å²) in [6.07, 6.45) is -0.202. The number of aliphatic carboxylic acids is 1. The van der Waals surface area contributed by atoms with E-state index in [1.54, 1.807) is 6.07 Å². The molecule has 1 rings (SSSR count). The van der Waals surface area contributed by atoms with Gasteiger partial charge in [-0.1, -0.05) is 18.2 Å². The molecule has 0 saturated heterocycles. The summed E-state index contributed by atoms with van der Waals surface area (Å²) in [5, 5.41) is 17.0. The molecule has 1 N–H and O–H groups in total. The van der Waals surface area contributed by atoms with Gasteiger partial charge in [0.1, 0.15) is 0 Å². The predicted octanol–water partition coefficient (Wildman–Crippen LogP) is 3.18. The second-order valence-corrected chi connectivity index (χ2v) is 3.55. The molecule has 1 aromatic rings. The lowest BCUT2D eigenvalue weighted by Crippen LogP contribution is -1.98. The highest BCUT2D eigenvalue weighted by Gasteiger charge is 2.14. The molecule has 0 heterocycles. The fourth-order valence-electron chi connectivity index (χ4n) is 1.61. The lowest BCUT2D eigenvalue weighted by Gasteiger charge is -2.10. The zero-order valence-electron chi connectivity index (χ0n) is 9.44. The molecule has 0 aliphatic heterocycles. The third-order valence-corrected chi connectivity index (χ3v) is 2.38. The Balaban J connectivity index is 3.19. The van der Waals surface area contributed by atoms with Gasteiger partial charge < -0.3 is 5.11 Å². The highest BCUT2D eigenvalue weighted by molar-refractivity contribution is 5.85. The first-order valence-electron chi connectivity index (χ1n) is 5.24. The number of hydrogen-bond acceptors (Lipinski definition) is 2. The first-order valence-corrected chi connectivity index (χ1v) is 5.24. The number of carboxylic acids is 1. The molecule has 3 nitrogen and oxygen atoms in total. The van der Waals surface area contributed by atoms with Crippen molar-refractivity contribution < 1.29 is 18.7 Å². The minimum absolute atomic E-state index is 0.109. The number of rotatable bonds is 5. The van der Waals surface area contributed by atoms with Crippen molar-refractivity contribution in [2.24, 2.45) is 0 Å². The van der Waals surface area contributed by atoms with Gasteiger partial charge in [-0.25, -0.2) is 13.6 Å². The van der Waals surface area contributed by atoms with Crippen molar-refractivity contribution >= 4 is 12.0 Å². The Labute approximate surface area is 103 Å². The Kier molecular flexibility index (Phi) is 5.00. The maximum atomic E-state index is 12.8. The monoisotopic (exact) mass is 251 g/mol. The van der Waals surface area contributed by atoms with Crippen LogP contribution >= 0.6 is 0 Å². The Morgan fingerprint density at radius 3 is 2.78 bits per heavy atom. The maximum absolute atomic E-state index is 12.8. The number of nitrogens with zero attached hydrogens (tertiary/aromatic N) is 1. The molecule has 0 bridgehead atoms. The van der Waals surface area contributed by atoms with E-state index < -0.39 is 12.4 Å². The van der Waals surface area contributed by atoms with Gasteiger partial charge in [-0.05, 0) is 23.6 Å². The fraction of sp³-hybridized carbons (Fsp3) is 0.231. The molecule has 0 saturated carbocycles. The summed E-state index contributed by atoms with van der Waals surface area (Å²) in [6.45, 7) is 0. The molecule has 0 amide bonds. The number of benzene rings is 1. The van der Waals surface area contributed by atoms with Crippen molar-refractivity contribution in [1.82, 2.24) is 0 Å². The van der Waals surface area contributed by atoms with Gasteiger partial charge in [-0.15, -0.1) is 0 Å². The van der Waals surface area contributed by atoms with Crippen LogP contribution in [0.15, 0.2) is 24.3 Å². The van der Waals surface area contributed by atoms with E-state index in [2.05, 4.69) is 0 Å². The van der Waals surface area contributed by atoms with Crippen LogP contribution in [0, 0.1) is 11.3 Å². The number of alkyl halides is 2. The van der Waals surface area contributed by atoms with E-state index in [1.807, 2.05) is 6.07 Å². The molecule has 0 fully saturated rings. The normalized spacial score (nSPS) is 10.8. The lowest BCUT2D eigenvalue weighted by atomic mass is 9.97. The van der Waals surface area contributed by atoms with Crippen molar-refractivity contribution in [3.8, 4) is 6.07 Å². The molecular formula is C13H11F2NO2. The van der Waals surface area contributed by atoms with Gasteiger partial charge in [0.05, 0.1) is 6.07 Å². The highest BCUT2D eigenvalue weighted by Crippen LogP contribution is 2.27. The third-order valence-electron chi connectivity index (χ3n) is 2.38. The summed E-state index contributed by atoms with van der Waals surface area (Å²) in [4.78, 5) is 10.4. The van der Waals surface area contributed by atoms with Crippen LogP contribution in [0.25, 0.3) is 6.08 Å². The van der Waals surface area contributed by atoms with Gasteiger partial charge in [0, 0.05) is 18.1 Å². The molecule has 0 spiro atoms. The van der Waals surface area contributed by atoms with Crippen LogP contribution in [-0.2, 0) is 11.2 Å². The van der Waals surface area contributed by atoms with E-state index in [4.69, 9.17) is 10.4 Å². The number of halogens is 2. The van der Waals surface area contributed by atoms with Crippen LogP contribution in [0.1, 0.15) is 29.5 Å². The molecule has 0 aliphatic carbocycles. The van der Waals surface area contributed by atoms with Crippen LogP contribution in [0.5, 0.6) is 0 Å². The summed E-state index contributed by atoms with van der Waals surface area (Å²) >= 11 is 0. The maximum Gasteiger partial charge on any atom is 0.328 e. The Morgan fingerprint density at radius 2 is 2.22 bits per heavy atom. The van der Waals surface area contributed by atoms with Gasteiger partial charge in [-0.3, -0.25) is 0 Å². The smallest absolute Gasteiger partial charge is 0.328 e. The van der Waals surface area contributed by atoms with E-state index in [1.165, 1.54) is 18.2 Å². The Bertz CT molecular complexity index is 504. The molecule has 0 radical (unpaired) electrons. The van der Waals surface area contributed by atoms with Crippen molar-refractivity contribution in [2.45, 2.75) is 19.3 Å². The zero-order chi connectivity index (χ0) is 13.5. The average molecular weight is 251 g/mol. The van der Waals surface area contributed by atoms with E-state index in [0.29, 0.717) is 11.1 Å². The Morgan fingerprint density at radius 1 is 1.50 bits per heavy atom. The van der Waals surface area contributed by atoms with Gasteiger partial charge in [0.2, 0.25) is 0 Å². The lowest BCUT2D eigenvalue weighted by molar-refractivity contribution is -0.131. The molecule has 1 aromatic carbocycles. The minimum atomic E-state index is -2.64. The first-order chi connectivity index (χ1) is 8.56. The van der Waals surface area contributed by atoms with Crippen molar-refractivity contribution in [3.63, 3.8) is 0 Å². The fourth-order valence-corrected chi connectivity index (χ4v) is 1.61. The van der Waals surface area contributed by atoms with Crippen molar-refractivity contribution in [1.29, 1.82) is 5.26 Å². The van der Waals surface area contributed by atoms with Crippen LogP contribution in [0.3, 0.4) is 0 Å². The van der Waals surface area contributed by atoms with E-state index in [0.717, 1.165) is 6.08 Å². The number of hydrogen-bond donors (Lipinski definition) is 1. The van der Waals surface area contributed by atoms with Gasteiger partial charge >= 0.3 is 5.97 Å². The van der Waals surface area contributed by atoms with Crippen LogP contribution < -0.4 is 0 Å². The van der Waals surface area contributed by atoms with Crippen LogP contribution in [-0.4, -0.2) is 11.1 Å². The molecule has 0 unspecified atom stereocenters. The number of carbonyl (C=O) groups is 1. The predicted molar refractivity (Wildman–Crippen MR) is 62.0 cm³/mol. The van der Waals surface area contributed by atoms with Gasteiger partial charge in [0.15, 0.2) is 0 Å². The molecular weight excluding hydrogens is 240 g/mol. The summed E-state index contributed by atoms with van der Waals surface area (Å²) < 4.78 is 25.6. The van der Waals surface area contributed by atoms with Crippen LogP contribution in [0.2, 0.25) is 0 Å². The summed E-state index contributed by atoms with van der Waals surface area (Å²) in [7, 11) is 0. The van der Waals surface area contributed by atoms with Crippen molar-refractivity contribution in [2.75, 3.05) is 0 Å².